The molecule has 0 saturated carbocycles. The Hall–Kier alpha value is -2.78. The van der Waals surface area contributed by atoms with Crippen LogP contribution in [0.1, 0.15) is 0 Å². The van der Waals surface area contributed by atoms with E-state index in [0.717, 1.165) is 15.8 Å². The van der Waals surface area contributed by atoms with Crippen LogP contribution in [-0.2, 0) is 14.4 Å². The quantitative estimate of drug-likeness (QED) is 0.626. The van der Waals surface area contributed by atoms with Crippen LogP contribution >= 0.6 is 23.1 Å². The number of nitrogens with zero attached hydrogens (tertiary/aromatic N) is 1. The smallest absolute Gasteiger partial charge is 0.352 e. The van der Waals surface area contributed by atoms with Gasteiger partial charge in [-0.25, -0.2) is 4.79 Å². The van der Waals surface area contributed by atoms with Gasteiger partial charge < -0.3 is 15.7 Å². The van der Waals surface area contributed by atoms with Crippen molar-refractivity contribution in [2.45, 2.75) is 11.4 Å². The number of hydrogen-bond acceptors (Lipinski definition) is 6. The number of carbonyl (C=O) groups excluding carboxylic acids is 2. The number of fused-ring (bicyclic) bond motifs is 2. The van der Waals surface area contributed by atoms with E-state index in [2.05, 4.69) is 17.2 Å². The van der Waals surface area contributed by atoms with Crippen LogP contribution in [0.5, 0.6) is 0 Å². The highest BCUT2D eigenvalue weighted by atomic mass is 32.2. The third-order valence-corrected chi connectivity index (χ3v) is 6.95. The van der Waals surface area contributed by atoms with Crippen molar-refractivity contribution in [1.82, 2.24) is 10.2 Å². The summed E-state index contributed by atoms with van der Waals surface area (Å²) in [6.45, 7) is 3.64. The van der Waals surface area contributed by atoms with Crippen LogP contribution in [0.2, 0.25) is 0 Å². The highest BCUT2D eigenvalue weighted by Gasteiger charge is 2.53. The van der Waals surface area contributed by atoms with Crippen LogP contribution < -0.4 is 10.6 Å². The summed E-state index contributed by atoms with van der Waals surface area (Å²) in [5.41, 5.74) is 1.34. The second-order valence-electron chi connectivity index (χ2n) is 6.34. The second-order valence-corrected chi connectivity index (χ2v) is 8.35. The number of hydrogen-bond donors (Lipinski definition) is 3. The molecule has 2 aromatic rings. The highest BCUT2D eigenvalue weighted by molar-refractivity contribution is 8.00. The third kappa shape index (κ3) is 3.06. The molecule has 0 spiro atoms. The molecule has 3 heterocycles. The molecule has 2 atom stereocenters. The van der Waals surface area contributed by atoms with Crippen LogP contribution in [0.4, 0.5) is 5.69 Å². The maximum Gasteiger partial charge on any atom is 0.352 e. The molecule has 1 unspecified atom stereocenters. The van der Waals surface area contributed by atoms with Gasteiger partial charge in [0.15, 0.2) is 0 Å². The molecule has 2 aliphatic heterocycles. The molecule has 2 amide bonds. The van der Waals surface area contributed by atoms with Crippen LogP contribution in [0.15, 0.2) is 53.6 Å². The maximum atomic E-state index is 12.5. The van der Waals surface area contributed by atoms with Crippen LogP contribution in [0.3, 0.4) is 0 Å². The Morgan fingerprint density at radius 1 is 1.36 bits per heavy atom. The minimum atomic E-state index is -1.16. The summed E-state index contributed by atoms with van der Waals surface area (Å²) in [6, 6.07) is 7.17. The SMILES string of the molecule is C=CC1=C(C(=O)O)N2C(=O)C(NC(=O)CNc3csc4ccccc34)[C@@H]2SC1. The number of benzene rings is 1. The lowest BCUT2D eigenvalue weighted by Gasteiger charge is -2.49. The molecule has 2 aliphatic rings. The minimum absolute atomic E-state index is 0.0292. The van der Waals surface area contributed by atoms with Gasteiger partial charge in [-0.1, -0.05) is 30.9 Å². The largest absolute Gasteiger partial charge is 0.477 e. The van der Waals surface area contributed by atoms with E-state index in [1.807, 2.05) is 29.6 Å². The van der Waals surface area contributed by atoms with Gasteiger partial charge in [0.2, 0.25) is 5.91 Å². The van der Waals surface area contributed by atoms with E-state index in [4.69, 9.17) is 0 Å². The van der Waals surface area contributed by atoms with Crippen molar-refractivity contribution in [1.29, 1.82) is 0 Å². The zero-order chi connectivity index (χ0) is 19.8. The maximum absolute atomic E-state index is 12.5. The van der Waals surface area contributed by atoms with E-state index in [1.54, 1.807) is 11.3 Å². The third-order valence-electron chi connectivity index (χ3n) is 4.68. The topological polar surface area (TPSA) is 98.7 Å². The van der Waals surface area contributed by atoms with E-state index >= 15 is 0 Å². The number of rotatable bonds is 6. The van der Waals surface area contributed by atoms with Gasteiger partial charge in [0.25, 0.3) is 5.91 Å². The molecule has 3 N–H and O–H groups in total. The summed E-state index contributed by atoms with van der Waals surface area (Å²) >= 11 is 3.01. The average molecular weight is 415 g/mol. The fraction of sp³-hybridized carbons (Fsp3) is 0.211. The fourth-order valence-electron chi connectivity index (χ4n) is 3.31. The number of carboxylic acid groups (broad SMARTS) is 1. The number of β-lactam (4-membered cyclic amide) rings is 1. The van der Waals surface area contributed by atoms with E-state index in [1.165, 1.54) is 22.7 Å². The van der Waals surface area contributed by atoms with E-state index in [0.29, 0.717) is 11.3 Å². The summed E-state index contributed by atoms with van der Waals surface area (Å²) in [7, 11) is 0. The summed E-state index contributed by atoms with van der Waals surface area (Å²) in [6.07, 6.45) is 1.46. The molecule has 1 saturated heterocycles. The summed E-state index contributed by atoms with van der Waals surface area (Å²) in [4.78, 5) is 37.6. The zero-order valence-corrected chi connectivity index (χ0v) is 16.3. The summed E-state index contributed by atoms with van der Waals surface area (Å²) < 4.78 is 1.12. The zero-order valence-electron chi connectivity index (χ0n) is 14.7. The predicted octanol–water partition coefficient (Wildman–Crippen LogP) is 2.24. The highest BCUT2D eigenvalue weighted by Crippen LogP contribution is 2.40. The van der Waals surface area contributed by atoms with E-state index < -0.39 is 23.3 Å². The van der Waals surface area contributed by atoms with Gasteiger partial charge in [-0.3, -0.25) is 14.5 Å². The van der Waals surface area contributed by atoms with Crippen LogP contribution in [-0.4, -0.2) is 51.5 Å². The van der Waals surface area contributed by atoms with Crippen molar-refractivity contribution in [3.8, 4) is 0 Å². The monoisotopic (exact) mass is 415 g/mol. The molecule has 1 fully saturated rings. The fourth-order valence-corrected chi connectivity index (χ4v) is 5.57. The van der Waals surface area contributed by atoms with Crippen molar-refractivity contribution < 1.29 is 19.5 Å². The Kier molecular flexibility index (Phi) is 4.86. The van der Waals surface area contributed by atoms with Crippen molar-refractivity contribution in [2.75, 3.05) is 17.6 Å². The normalized spacial score (nSPS) is 21.1. The van der Waals surface area contributed by atoms with Crippen molar-refractivity contribution in [3.05, 3.63) is 53.6 Å². The molecular formula is C19H17N3O4S2. The first kappa shape index (κ1) is 18.6. The summed E-state index contributed by atoms with van der Waals surface area (Å²) in [5.74, 6) is -1.46. The first-order chi connectivity index (χ1) is 13.5. The van der Waals surface area contributed by atoms with Gasteiger partial charge in [-0.2, -0.15) is 0 Å². The Morgan fingerprint density at radius 3 is 2.89 bits per heavy atom. The van der Waals surface area contributed by atoms with Gasteiger partial charge in [0.1, 0.15) is 17.1 Å². The van der Waals surface area contributed by atoms with Crippen LogP contribution in [0, 0.1) is 0 Å². The number of amides is 2. The van der Waals surface area contributed by atoms with E-state index in [-0.39, 0.29) is 18.1 Å². The number of thioether (sulfide) groups is 1. The number of aliphatic carboxylic acids is 1. The molecule has 9 heteroatoms. The Balaban J connectivity index is 1.40. The van der Waals surface area contributed by atoms with Gasteiger partial charge in [-0.05, 0) is 11.6 Å². The lowest BCUT2D eigenvalue weighted by Crippen LogP contribution is -2.70. The first-order valence-corrected chi connectivity index (χ1v) is 10.5. The number of nitrogens with one attached hydrogen (secondary N) is 2. The molecule has 7 nitrogen and oxygen atoms in total. The van der Waals surface area contributed by atoms with Gasteiger partial charge in [0, 0.05) is 21.2 Å². The molecule has 0 bridgehead atoms. The molecule has 144 valence electrons. The number of thiophene rings is 1. The number of carbonyl (C=O) groups is 3. The predicted molar refractivity (Wildman–Crippen MR) is 110 cm³/mol. The van der Waals surface area contributed by atoms with E-state index in [9.17, 15) is 19.5 Å². The molecule has 0 aliphatic carbocycles. The molecule has 4 rings (SSSR count). The lowest BCUT2D eigenvalue weighted by atomic mass is 10.0. The van der Waals surface area contributed by atoms with Crippen LogP contribution in [0.25, 0.3) is 10.1 Å². The lowest BCUT2D eigenvalue weighted by molar-refractivity contribution is -0.150. The second kappa shape index (κ2) is 7.33. The Morgan fingerprint density at radius 2 is 2.14 bits per heavy atom. The first-order valence-electron chi connectivity index (χ1n) is 8.54. The average Bonchev–Trinajstić information content (AvgIpc) is 3.12. The Bertz CT molecular complexity index is 1030. The molecule has 0 radical (unpaired) electrons. The molecule has 1 aromatic heterocycles. The number of allylic oxidation sites excluding steroid dienone is 1. The minimum Gasteiger partial charge on any atom is -0.477 e. The van der Waals surface area contributed by atoms with Crippen molar-refractivity contribution in [3.63, 3.8) is 0 Å². The molecular weight excluding hydrogens is 398 g/mol. The standard InChI is InChI=1S/C19H17N3O4S2/c1-2-10-8-28-18-15(17(24)22(18)16(10)19(25)26)21-14(23)7-20-12-9-27-13-6-4-3-5-11(12)13/h2-6,9,15,18,20H,1,7-8H2,(H,21,23)(H,25,26)/t15?,18-/m0/s1. The van der Waals surface area contributed by atoms with Crippen molar-refractivity contribution in [2.24, 2.45) is 0 Å². The molecule has 28 heavy (non-hydrogen) atoms. The van der Waals surface area contributed by atoms with Crippen molar-refractivity contribution >= 4 is 56.7 Å². The Labute approximate surface area is 169 Å². The number of carboxylic acids is 1. The van der Waals surface area contributed by atoms with Gasteiger partial charge >= 0.3 is 5.97 Å². The molecule has 1 aromatic carbocycles. The van der Waals surface area contributed by atoms with Gasteiger partial charge in [0.05, 0.1) is 12.2 Å². The summed E-state index contributed by atoms with van der Waals surface area (Å²) in [5, 5.41) is 17.8. The number of anilines is 1. The van der Waals surface area contributed by atoms with Gasteiger partial charge in [-0.15, -0.1) is 23.1 Å².